The van der Waals surface area contributed by atoms with Crippen molar-refractivity contribution in [3.8, 4) is 21.9 Å². The smallest absolute Gasteiger partial charge is 0.250 e. The van der Waals surface area contributed by atoms with Crippen LogP contribution in [0.25, 0.3) is 32.0 Å². The van der Waals surface area contributed by atoms with E-state index in [1.165, 1.54) is 5.56 Å². The van der Waals surface area contributed by atoms with E-state index >= 15 is 0 Å². The monoisotopic (exact) mass is 698 g/mol. The molecule has 256 valence electrons. The Kier molecular flexibility index (Phi) is 8.31. The summed E-state index contributed by atoms with van der Waals surface area (Å²) < 4.78 is 41.6. The number of thiophene rings is 1. The lowest BCUT2D eigenvalue weighted by Crippen LogP contribution is -2.29. The fraction of sp³-hybridized carbons (Fsp3) is 0.486. The molecule has 1 fully saturated rings. The van der Waals surface area contributed by atoms with Crippen molar-refractivity contribution in [3.63, 3.8) is 0 Å². The molecule has 8 rings (SSSR count). The normalized spacial score (nSPS) is 24.4. The SMILES string of the molecule is Cc1nnc(-c2c(CCC3C[C@H](C)O[C@@H](C)C3)nc3c(c2-c2cc4ccnc(N[C@@H]5CCc6ncccc65)c4s2)S(=O)(=O)CC3C(C)C)o1. The lowest BCUT2D eigenvalue weighted by atomic mass is 9.86. The van der Waals surface area contributed by atoms with Gasteiger partial charge >= 0.3 is 0 Å². The van der Waals surface area contributed by atoms with Gasteiger partial charge in [0.15, 0.2) is 9.84 Å². The van der Waals surface area contributed by atoms with Gasteiger partial charge in [-0.25, -0.2) is 13.4 Å². The number of sulfone groups is 1. The lowest BCUT2D eigenvalue weighted by Gasteiger charge is -2.32. The van der Waals surface area contributed by atoms with Crippen LogP contribution in [0, 0.1) is 18.8 Å². The molecule has 0 radical (unpaired) electrons. The zero-order chi connectivity index (χ0) is 34.0. The predicted molar refractivity (Wildman–Crippen MR) is 190 cm³/mol. The van der Waals surface area contributed by atoms with Gasteiger partial charge in [0.25, 0.3) is 0 Å². The first-order valence-corrected chi connectivity index (χ1v) is 19.9. The van der Waals surface area contributed by atoms with Gasteiger partial charge in [-0.15, -0.1) is 21.5 Å². The molecule has 0 amide bonds. The summed E-state index contributed by atoms with van der Waals surface area (Å²) in [6.07, 6.45) is 9.46. The number of ether oxygens (including phenoxy) is 1. The molecule has 1 aliphatic carbocycles. The number of rotatable bonds is 8. The molecular formula is C37H42N6O4S2. The van der Waals surface area contributed by atoms with Gasteiger partial charge in [-0.2, -0.15) is 0 Å². The summed E-state index contributed by atoms with van der Waals surface area (Å²) in [7, 11) is -3.67. The highest BCUT2D eigenvalue weighted by atomic mass is 32.2. The van der Waals surface area contributed by atoms with E-state index in [4.69, 9.17) is 19.1 Å². The maximum Gasteiger partial charge on any atom is 0.250 e. The minimum atomic E-state index is -3.67. The lowest BCUT2D eigenvalue weighted by molar-refractivity contribution is -0.0533. The van der Waals surface area contributed by atoms with Crippen molar-refractivity contribution in [1.29, 1.82) is 0 Å². The summed E-state index contributed by atoms with van der Waals surface area (Å²) in [6.45, 7) is 10.2. The van der Waals surface area contributed by atoms with Crippen LogP contribution in [-0.2, 0) is 27.4 Å². The van der Waals surface area contributed by atoms with Crippen molar-refractivity contribution in [2.45, 2.75) is 102 Å². The number of hydrogen-bond acceptors (Lipinski definition) is 11. The zero-order valence-electron chi connectivity index (χ0n) is 28.6. The summed E-state index contributed by atoms with van der Waals surface area (Å²) in [5.74, 6) is 1.91. The number of aryl methyl sites for hydroxylation is 3. The highest BCUT2D eigenvalue weighted by Gasteiger charge is 2.43. The molecule has 2 aliphatic heterocycles. The van der Waals surface area contributed by atoms with E-state index in [-0.39, 0.29) is 35.8 Å². The van der Waals surface area contributed by atoms with Gasteiger partial charge in [0.2, 0.25) is 11.8 Å². The van der Waals surface area contributed by atoms with Gasteiger partial charge < -0.3 is 14.5 Å². The van der Waals surface area contributed by atoms with E-state index in [2.05, 4.69) is 60.3 Å². The van der Waals surface area contributed by atoms with Crippen molar-refractivity contribution in [2.24, 2.45) is 11.8 Å². The minimum absolute atomic E-state index is 0.0368. The first kappa shape index (κ1) is 32.5. The molecule has 1 unspecified atom stereocenters. The average molecular weight is 699 g/mol. The molecule has 0 spiro atoms. The third-order valence-corrected chi connectivity index (χ3v) is 13.4. The van der Waals surface area contributed by atoms with Crippen molar-refractivity contribution in [3.05, 3.63) is 65.2 Å². The van der Waals surface area contributed by atoms with E-state index in [0.29, 0.717) is 45.8 Å². The largest absolute Gasteiger partial charge is 0.421 e. The average Bonchev–Trinajstić information content (AvgIpc) is 3.84. The minimum Gasteiger partial charge on any atom is -0.421 e. The van der Waals surface area contributed by atoms with Gasteiger partial charge in [-0.1, -0.05) is 19.9 Å². The maximum absolute atomic E-state index is 14.2. The second kappa shape index (κ2) is 12.5. The Bertz CT molecular complexity index is 2150. The van der Waals surface area contributed by atoms with Crippen molar-refractivity contribution >= 4 is 37.1 Å². The van der Waals surface area contributed by atoms with Crippen LogP contribution < -0.4 is 5.32 Å². The summed E-state index contributed by atoms with van der Waals surface area (Å²) >= 11 is 1.55. The number of aromatic nitrogens is 5. The first-order chi connectivity index (χ1) is 23.6. The molecule has 0 aromatic carbocycles. The van der Waals surface area contributed by atoms with Crippen LogP contribution in [0.2, 0.25) is 0 Å². The van der Waals surface area contributed by atoms with Crippen LogP contribution in [0.1, 0.15) is 93.9 Å². The molecular weight excluding hydrogens is 657 g/mol. The van der Waals surface area contributed by atoms with E-state index in [1.807, 2.05) is 24.5 Å². The molecule has 1 saturated heterocycles. The third-order valence-electron chi connectivity index (χ3n) is 10.4. The number of nitrogens with zero attached hydrogens (tertiary/aromatic N) is 5. The molecule has 0 saturated carbocycles. The third kappa shape index (κ3) is 5.95. The van der Waals surface area contributed by atoms with Crippen LogP contribution in [0.3, 0.4) is 0 Å². The Morgan fingerprint density at radius 2 is 1.88 bits per heavy atom. The van der Waals surface area contributed by atoms with Crippen LogP contribution in [0.5, 0.6) is 0 Å². The number of fused-ring (bicyclic) bond motifs is 3. The molecule has 0 bridgehead atoms. The number of hydrogen-bond donors (Lipinski definition) is 1. The Balaban J connectivity index is 1.30. The molecule has 4 atom stereocenters. The van der Waals surface area contributed by atoms with Crippen LogP contribution in [0.4, 0.5) is 5.82 Å². The fourth-order valence-corrected chi connectivity index (χ4v) is 11.6. The van der Waals surface area contributed by atoms with E-state index in [9.17, 15) is 8.42 Å². The van der Waals surface area contributed by atoms with Gasteiger partial charge in [-0.3, -0.25) is 9.97 Å². The Hall–Kier alpha value is -3.74. The van der Waals surface area contributed by atoms with Gasteiger partial charge in [0, 0.05) is 41.4 Å². The second-order valence-electron chi connectivity index (χ2n) is 14.4. The molecule has 10 nitrogen and oxygen atoms in total. The van der Waals surface area contributed by atoms with Crippen LogP contribution >= 0.6 is 11.3 Å². The van der Waals surface area contributed by atoms with Gasteiger partial charge in [0.05, 0.1) is 50.5 Å². The first-order valence-electron chi connectivity index (χ1n) is 17.4. The maximum atomic E-state index is 14.2. The quantitative estimate of drug-likeness (QED) is 0.171. The number of nitrogens with one attached hydrogen (secondary N) is 1. The molecule has 12 heteroatoms. The fourth-order valence-electron chi connectivity index (χ4n) is 8.19. The standard InChI is InChI=1S/C37H42N6O4S2/c1-19(2)26-18-49(44,45)35-32(30-17-24-12-14-39-36(34(24)48-30)41-28-11-10-27-25(28)7-6-13-38-27)31(37-43-42-22(5)47-37)29(40-33(26)35)9-8-23-15-20(3)46-21(4)16-23/h6-7,12-14,17,19-21,23,26,28H,8-11,15-16,18H2,1-5H3,(H,39,41)/t20-,21-,26?,28+/m0/s1. The van der Waals surface area contributed by atoms with Crippen LogP contribution in [-0.4, -0.2) is 51.5 Å². The summed E-state index contributed by atoms with van der Waals surface area (Å²) in [4.78, 5) is 15.7. The number of pyridine rings is 3. The predicted octanol–water partition coefficient (Wildman–Crippen LogP) is 7.87. The molecule has 5 aromatic rings. The topological polar surface area (TPSA) is 133 Å². The van der Waals surface area contributed by atoms with Crippen molar-refractivity contribution in [1.82, 2.24) is 25.1 Å². The Morgan fingerprint density at radius 1 is 1.06 bits per heavy atom. The van der Waals surface area contributed by atoms with Crippen LogP contribution in [0.15, 0.2) is 46.0 Å². The molecule has 1 N–H and O–H groups in total. The second-order valence-corrected chi connectivity index (χ2v) is 17.4. The van der Waals surface area contributed by atoms with Gasteiger partial charge in [0.1, 0.15) is 5.82 Å². The molecule has 3 aliphatic rings. The number of anilines is 1. The molecule has 7 heterocycles. The summed E-state index contributed by atoms with van der Waals surface area (Å²) in [5.41, 5.74) is 5.05. The summed E-state index contributed by atoms with van der Waals surface area (Å²) in [5, 5.41) is 13.3. The van der Waals surface area contributed by atoms with E-state index in [0.717, 1.165) is 64.3 Å². The Labute approximate surface area is 291 Å². The van der Waals surface area contributed by atoms with E-state index in [1.54, 1.807) is 18.3 Å². The summed E-state index contributed by atoms with van der Waals surface area (Å²) in [6, 6.07) is 8.28. The molecule has 5 aromatic heterocycles. The zero-order valence-corrected chi connectivity index (χ0v) is 30.2. The highest BCUT2D eigenvalue weighted by Crippen LogP contribution is 2.51. The Morgan fingerprint density at radius 3 is 2.63 bits per heavy atom. The van der Waals surface area contributed by atoms with E-state index < -0.39 is 9.84 Å². The van der Waals surface area contributed by atoms with Crippen molar-refractivity contribution < 1.29 is 17.6 Å². The van der Waals surface area contributed by atoms with Gasteiger partial charge in [-0.05, 0) is 93.4 Å². The highest BCUT2D eigenvalue weighted by molar-refractivity contribution is 7.92. The molecule has 49 heavy (non-hydrogen) atoms. The van der Waals surface area contributed by atoms with Crippen molar-refractivity contribution in [2.75, 3.05) is 11.1 Å².